The molecule has 3 rings (SSSR count). The number of aliphatic carboxylic acids is 1. The van der Waals surface area contributed by atoms with Crippen LogP contribution in [0.2, 0.25) is 0 Å². The van der Waals surface area contributed by atoms with Gasteiger partial charge in [-0.25, -0.2) is 4.79 Å². The Bertz CT molecular complexity index is 575. The van der Waals surface area contributed by atoms with Crippen molar-refractivity contribution in [2.75, 3.05) is 11.4 Å². The summed E-state index contributed by atoms with van der Waals surface area (Å²) in [5.41, 5.74) is 1.46. The number of hydrogen-bond donors (Lipinski definition) is 1. The lowest BCUT2D eigenvalue weighted by Gasteiger charge is -2.36. The van der Waals surface area contributed by atoms with E-state index < -0.39 is 12.0 Å². The molecule has 0 aliphatic carbocycles. The molecule has 1 aromatic heterocycles. The Kier molecular flexibility index (Phi) is 2.89. The first-order valence-electron chi connectivity index (χ1n) is 6.52. The van der Waals surface area contributed by atoms with Gasteiger partial charge in [0.2, 0.25) is 0 Å². The molecule has 0 bridgehead atoms. The summed E-state index contributed by atoms with van der Waals surface area (Å²) in [6, 6.07) is 7.34. The second kappa shape index (κ2) is 4.57. The Morgan fingerprint density at radius 2 is 2.26 bits per heavy atom. The molecular weight excluding hydrogens is 244 g/mol. The van der Waals surface area contributed by atoms with E-state index >= 15 is 0 Å². The van der Waals surface area contributed by atoms with Gasteiger partial charge >= 0.3 is 5.97 Å². The molecule has 0 saturated carbocycles. The number of oxazole rings is 1. The highest BCUT2D eigenvalue weighted by atomic mass is 16.4. The molecule has 2 heterocycles. The number of fused-ring (bicyclic) bond motifs is 1. The summed E-state index contributed by atoms with van der Waals surface area (Å²) >= 11 is 0. The molecule has 5 heteroatoms. The maximum absolute atomic E-state index is 11.5. The molecule has 2 atom stereocenters. The first kappa shape index (κ1) is 12.0. The number of benzene rings is 1. The fraction of sp³-hybridized carbons (Fsp3) is 0.429. The van der Waals surface area contributed by atoms with Crippen LogP contribution in [0.3, 0.4) is 0 Å². The van der Waals surface area contributed by atoms with E-state index in [1.165, 1.54) is 0 Å². The molecule has 1 N–H and O–H groups in total. The van der Waals surface area contributed by atoms with E-state index in [0.717, 1.165) is 18.4 Å². The normalized spacial score (nSPS) is 23.7. The van der Waals surface area contributed by atoms with Crippen molar-refractivity contribution >= 4 is 23.1 Å². The molecule has 1 fully saturated rings. The zero-order valence-electron chi connectivity index (χ0n) is 10.7. The minimum Gasteiger partial charge on any atom is -0.480 e. The second-order valence-corrected chi connectivity index (χ2v) is 5.06. The fourth-order valence-corrected chi connectivity index (χ4v) is 2.76. The first-order chi connectivity index (χ1) is 9.16. The number of hydrogen-bond acceptors (Lipinski definition) is 4. The number of anilines is 1. The number of aromatic nitrogens is 1. The van der Waals surface area contributed by atoms with Gasteiger partial charge in [-0.05, 0) is 30.9 Å². The van der Waals surface area contributed by atoms with E-state index in [4.69, 9.17) is 4.42 Å². The Labute approximate surface area is 110 Å². The first-order valence-corrected chi connectivity index (χ1v) is 6.52. The number of carbonyl (C=O) groups is 1. The van der Waals surface area contributed by atoms with Gasteiger partial charge in [0.15, 0.2) is 5.58 Å². The summed E-state index contributed by atoms with van der Waals surface area (Å²) in [6.45, 7) is 2.64. The monoisotopic (exact) mass is 260 g/mol. The van der Waals surface area contributed by atoms with Crippen molar-refractivity contribution in [2.45, 2.75) is 25.8 Å². The molecule has 1 aliphatic rings. The van der Waals surface area contributed by atoms with Crippen LogP contribution in [-0.2, 0) is 4.79 Å². The van der Waals surface area contributed by atoms with Gasteiger partial charge in [-0.2, -0.15) is 4.98 Å². The minimum absolute atomic E-state index is 0.0984. The number of rotatable bonds is 2. The van der Waals surface area contributed by atoms with Crippen LogP contribution in [0.1, 0.15) is 19.8 Å². The molecule has 2 unspecified atom stereocenters. The van der Waals surface area contributed by atoms with Crippen molar-refractivity contribution in [2.24, 2.45) is 5.92 Å². The van der Waals surface area contributed by atoms with Crippen molar-refractivity contribution in [1.29, 1.82) is 0 Å². The number of para-hydroxylation sites is 2. The van der Waals surface area contributed by atoms with Crippen LogP contribution in [0.5, 0.6) is 0 Å². The molecule has 2 aromatic rings. The van der Waals surface area contributed by atoms with Crippen LogP contribution >= 0.6 is 0 Å². The van der Waals surface area contributed by atoms with Gasteiger partial charge in [0, 0.05) is 6.54 Å². The summed E-state index contributed by atoms with van der Waals surface area (Å²) in [5, 5.41) is 9.40. The molecule has 19 heavy (non-hydrogen) atoms. The molecule has 5 nitrogen and oxygen atoms in total. The Balaban J connectivity index is 2.00. The molecule has 1 aliphatic heterocycles. The fourth-order valence-electron chi connectivity index (χ4n) is 2.76. The largest absolute Gasteiger partial charge is 0.480 e. The topological polar surface area (TPSA) is 66.6 Å². The predicted molar refractivity (Wildman–Crippen MR) is 71.2 cm³/mol. The molecule has 0 amide bonds. The molecular formula is C14H16N2O3. The van der Waals surface area contributed by atoms with Crippen LogP contribution in [0.25, 0.3) is 11.1 Å². The van der Waals surface area contributed by atoms with E-state index in [2.05, 4.69) is 4.98 Å². The quantitative estimate of drug-likeness (QED) is 0.898. The maximum atomic E-state index is 11.5. The molecule has 0 spiro atoms. The van der Waals surface area contributed by atoms with E-state index in [1.54, 1.807) is 4.90 Å². The molecule has 100 valence electrons. The third-order valence-electron chi connectivity index (χ3n) is 3.71. The molecule has 0 radical (unpaired) electrons. The Morgan fingerprint density at radius 1 is 1.47 bits per heavy atom. The molecule has 1 saturated heterocycles. The SMILES string of the molecule is CC1CCCN(c2nc3ccccc3o2)C1C(=O)O. The van der Waals surface area contributed by atoms with Crippen molar-refractivity contribution in [3.8, 4) is 0 Å². The van der Waals surface area contributed by atoms with Gasteiger partial charge in [0.05, 0.1) is 0 Å². The van der Waals surface area contributed by atoms with Crippen molar-refractivity contribution in [3.05, 3.63) is 24.3 Å². The zero-order valence-corrected chi connectivity index (χ0v) is 10.7. The van der Waals surface area contributed by atoms with Gasteiger partial charge in [0.1, 0.15) is 11.6 Å². The summed E-state index contributed by atoms with van der Waals surface area (Å²) in [6.07, 6.45) is 1.89. The van der Waals surface area contributed by atoms with Gasteiger partial charge in [0.25, 0.3) is 6.01 Å². The lowest BCUT2D eigenvalue weighted by molar-refractivity contribution is -0.140. The number of piperidine rings is 1. The van der Waals surface area contributed by atoms with Crippen LogP contribution in [0.4, 0.5) is 6.01 Å². The second-order valence-electron chi connectivity index (χ2n) is 5.06. The highest BCUT2D eigenvalue weighted by Gasteiger charge is 2.36. The van der Waals surface area contributed by atoms with Crippen molar-refractivity contribution in [3.63, 3.8) is 0 Å². The van der Waals surface area contributed by atoms with E-state index in [1.807, 2.05) is 31.2 Å². The van der Waals surface area contributed by atoms with E-state index in [0.29, 0.717) is 18.1 Å². The van der Waals surface area contributed by atoms with Crippen LogP contribution in [0.15, 0.2) is 28.7 Å². The third kappa shape index (κ3) is 2.05. The van der Waals surface area contributed by atoms with Crippen LogP contribution in [-0.4, -0.2) is 28.6 Å². The average molecular weight is 260 g/mol. The van der Waals surface area contributed by atoms with Gasteiger partial charge in [-0.15, -0.1) is 0 Å². The van der Waals surface area contributed by atoms with Crippen LogP contribution < -0.4 is 4.90 Å². The highest BCUT2D eigenvalue weighted by Crippen LogP contribution is 2.30. The predicted octanol–water partition coefficient (Wildman–Crippen LogP) is 2.52. The maximum Gasteiger partial charge on any atom is 0.326 e. The summed E-state index contributed by atoms with van der Waals surface area (Å²) < 4.78 is 5.69. The zero-order chi connectivity index (χ0) is 13.4. The van der Waals surface area contributed by atoms with Crippen LogP contribution in [0, 0.1) is 5.92 Å². The number of carboxylic acids is 1. The lowest BCUT2D eigenvalue weighted by Crippen LogP contribution is -2.49. The van der Waals surface area contributed by atoms with E-state index in [-0.39, 0.29) is 5.92 Å². The lowest BCUT2D eigenvalue weighted by atomic mass is 9.91. The number of nitrogens with zero attached hydrogens (tertiary/aromatic N) is 2. The van der Waals surface area contributed by atoms with Gasteiger partial charge in [-0.1, -0.05) is 19.1 Å². The van der Waals surface area contributed by atoms with E-state index in [9.17, 15) is 9.90 Å². The van der Waals surface area contributed by atoms with Crippen molar-refractivity contribution in [1.82, 2.24) is 4.98 Å². The van der Waals surface area contributed by atoms with Gasteiger partial charge in [-0.3, -0.25) is 0 Å². The average Bonchev–Trinajstić information content (AvgIpc) is 2.81. The Hall–Kier alpha value is -2.04. The smallest absolute Gasteiger partial charge is 0.326 e. The highest BCUT2D eigenvalue weighted by molar-refractivity contribution is 5.79. The minimum atomic E-state index is -0.811. The van der Waals surface area contributed by atoms with Crippen molar-refractivity contribution < 1.29 is 14.3 Å². The molecule has 1 aromatic carbocycles. The summed E-state index contributed by atoms with van der Waals surface area (Å²) in [5.74, 6) is -0.712. The Morgan fingerprint density at radius 3 is 3.00 bits per heavy atom. The third-order valence-corrected chi connectivity index (χ3v) is 3.71. The standard InChI is InChI=1S/C14H16N2O3/c1-9-5-4-8-16(12(9)13(17)18)14-15-10-6-2-3-7-11(10)19-14/h2-3,6-7,9,12H,4-5,8H2,1H3,(H,17,18). The number of carboxylic acid groups (broad SMARTS) is 1. The van der Waals surface area contributed by atoms with Gasteiger partial charge < -0.3 is 14.4 Å². The summed E-state index contributed by atoms with van der Waals surface area (Å²) in [4.78, 5) is 17.6. The summed E-state index contributed by atoms with van der Waals surface area (Å²) in [7, 11) is 0.